The highest BCUT2D eigenvalue weighted by atomic mass is 79.9. The van der Waals surface area contributed by atoms with Gasteiger partial charge in [-0.2, -0.15) is 0 Å². The van der Waals surface area contributed by atoms with Crippen LogP contribution in [0.4, 0.5) is 4.39 Å². The highest BCUT2D eigenvalue weighted by molar-refractivity contribution is 9.09. The van der Waals surface area contributed by atoms with Gasteiger partial charge >= 0.3 is 0 Å². The Balaban J connectivity index is 2.18. The third-order valence-electron chi connectivity index (χ3n) is 3.33. The molecular weight excluding hydrogens is 299 g/mol. The molecule has 1 aliphatic rings. The van der Waals surface area contributed by atoms with Crippen LogP contribution in [0.15, 0.2) is 18.5 Å². The summed E-state index contributed by atoms with van der Waals surface area (Å²) in [4.78, 5) is 17.8. The molecule has 0 aliphatic carbocycles. The molecule has 0 radical (unpaired) electrons. The molecule has 1 aromatic heterocycles. The lowest BCUT2D eigenvalue weighted by Gasteiger charge is -2.35. The zero-order valence-electron chi connectivity index (χ0n) is 10.1. The fourth-order valence-electron chi connectivity index (χ4n) is 2.40. The number of carbonyl (C=O) groups excluding carboxylic acids is 1. The van der Waals surface area contributed by atoms with Crippen LogP contribution in [0.25, 0.3) is 0 Å². The van der Waals surface area contributed by atoms with Gasteiger partial charge in [-0.05, 0) is 31.7 Å². The van der Waals surface area contributed by atoms with Gasteiger partial charge < -0.3 is 4.90 Å². The van der Waals surface area contributed by atoms with E-state index >= 15 is 0 Å². The van der Waals surface area contributed by atoms with E-state index in [0.717, 1.165) is 43.8 Å². The van der Waals surface area contributed by atoms with Crippen molar-refractivity contribution in [2.24, 2.45) is 0 Å². The fourth-order valence-corrected chi connectivity index (χ4v) is 2.93. The maximum atomic E-state index is 13.6. The van der Waals surface area contributed by atoms with Gasteiger partial charge in [-0.25, -0.2) is 4.39 Å². The fraction of sp³-hybridized carbons (Fsp3) is 0.538. The van der Waals surface area contributed by atoms with Crippen molar-refractivity contribution in [3.8, 4) is 0 Å². The third-order valence-corrected chi connectivity index (χ3v) is 3.79. The zero-order chi connectivity index (χ0) is 13.0. The Bertz CT molecular complexity index is 425. The van der Waals surface area contributed by atoms with E-state index in [1.54, 1.807) is 0 Å². The van der Waals surface area contributed by atoms with Gasteiger partial charge in [-0.15, -0.1) is 0 Å². The maximum absolute atomic E-state index is 13.6. The number of piperidine rings is 1. The Morgan fingerprint density at radius 2 is 2.39 bits per heavy atom. The van der Waals surface area contributed by atoms with Crippen molar-refractivity contribution in [2.45, 2.75) is 31.7 Å². The van der Waals surface area contributed by atoms with Crippen LogP contribution in [0.3, 0.4) is 0 Å². The first kappa shape index (κ1) is 13.5. The molecule has 1 unspecified atom stereocenters. The summed E-state index contributed by atoms with van der Waals surface area (Å²) in [6.45, 7) is 0.720. The summed E-state index contributed by atoms with van der Waals surface area (Å²) in [6.07, 6.45) is 6.61. The Labute approximate surface area is 115 Å². The monoisotopic (exact) mass is 314 g/mol. The average molecular weight is 315 g/mol. The Morgan fingerprint density at radius 1 is 1.56 bits per heavy atom. The minimum atomic E-state index is -0.536. The number of halogens is 2. The maximum Gasteiger partial charge on any atom is 0.257 e. The van der Waals surface area contributed by atoms with Crippen molar-refractivity contribution < 1.29 is 9.18 Å². The first-order chi connectivity index (χ1) is 8.74. The molecule has 1 aromatic rings. The van der Waals surface area contributed by atoms with E-state index in [9.17, 15) is 9.18 Å². The molecule has 1 fully saturated rings. The van der Waals surface area contributed by atoms with Crippen molar-refractivity contribution in [3.63, 3.8) is 0 Å². The average Bonchev–Trinajstić information content (AvgIpc) is 2.40. The quantitative estimate of drug-likeness (QED) is 0.804. The van der Waals surface area contributed by atoms with Crippen LogP contribution < -0.4 is 0 Å². The lowest BCUT2D eigenvalue weighted by Crippen LogP contribution is -2.44. The van der Waals surface area contributed by atoms with Crippen molar-refractivity contribution in [1.82, 2.24) is 9.88 Å². The number of likely N-dealkylation sites (tertiary alicyclic amines) is 1. The van der Waals surface area contributed by atoms with E-state index in [1.807, 2.05) is 4.90 Å². The van der Waals surface area contributed by atoms with Gasteiger partial charge in [0.15, 0.2) is 5.82 Å². The number of hydrogen-bond acceptors (Lipinski definition) is 2. The number of hydrogen-bond donors (Lipinski definition) is 0. The second kappa shape index (κ2) is 6.27. The van der Waals surface area contributed by atoms with E-state index in [2.05, 4.69) is 20.9 Å². The summed E-state index contributed by atoms with van der Waals surface area (Å²) in [5.41, 5.74) is 0.131. The lowest BCUT2D eigenvalue weighted by molar-refractivity contribution is 0.0605. The molecule has 98 valence electrons. The minimum Gasteiger partial charge on any atom is -0.336 e. The number of rotatable bonds is 3. The third kappa shape index (κ3) is 2.88. The highest BCUT2D eigenvalue weighted by Crippen LogP contribution is 2.23. The van der Waals surface area contributed by atoms with Crippen LogP contribution in [0.1, 0.15) is 36.0 Å². The van der Waals surface area contributed by atoms with E-state index in [-0.39, 0.29) is 17.5 Å². The summed E-state index contributed by atoms with van der Waals surface area (Å²) >= 11 is 3.41. The number of aromatic nitrogens is 1. The smallest absolute Gasteiger partial charge is 0.257 e. The predicted molar refractivity (Wildman–Crippen MR) is 71.3 cm³/mol. The van der Waals surface area contributed by atoms with Crippen LogP contribution >= 0.6 is 15.9 Å². The first-order valence-electron chi connectivity index (χ1n) is 6.20. The topological polar surface area (TPSA) is 33.2 Å². The standard InChI is InChI=1S/C13H16BrFN2O/c14-6-4-10-3-1-2-8-17(10)13(18)11-5-7-16-9-12(11)15/h5,7,9-10H,1-4,6,8H2. The van der Waals surface area contributed by atoms with Crippen LogP contribution in [0, 0.1) is 5.82 Å². The van der Waals surface area contributed by atoms with Gasteiger partial charge in [-0.1, -0.05) is 15.9 Å². The number of amides is 1. The van der Waals surface area contributed by atoms with Crippen molar-refractivity contribution >= 4 is 21.8 Å². The molecule has 3 nitrogen and oxygen atoms in total. The summed E-state index contributed by atoms with van der Waals surface area (Å²) in [6, 6.07) is 1.68. The molecular formula is C13H16BrFN2O. The van der Waals surface area contributed by atoms with Crippen molar-refractivity contribution in [3.05, 3.63) is 29.8 Å². The van der Waals surface area contributed by atoms with E-state index in [0.29, 0.717) is 0 Å². The number of carbonyl (C=O) groups is 1. The van der Waals surface area contributed by atoms with Gasteiger partial charge in [0, 0.05) is 24.1 Å². The summed E-state index contributed by atoms with van der Waals surface area (Å²) in [5, 5.41) is 0.861. The SMILES string of the molecule is O=C(c1ccncc1F)N1CCCCC1CCBr. The van der Waals surface area contributed by atoms with Crippen molar-refractivity contribution in [1.29, 1.82) is 0 Å². The van der Waals surface area contributed by atoms with Crippen LogP contribution in [-0.2, 0) is 0 Å². The van der Waals surface area contributed by atoms with Crippen molar-refractivity contribution in [2.75, 3.05) is 11.9 Å². The van der Waals surface area contributed by atoms with Gasteiger partial charge in [-0.3, -0.25) is 9.78 Å². The molecule has 0 aromatic carbocycles. The van der Waals surface area contributed by atoms with E-state index in [4.69, 9.17) is 0 Å². The van der Waals surface area contributed by atoms with Gasteiger partial charge in [0.25, 0.3) is 5.91 Å². The molecule has 1 amide bonds. The molecule has 1 aliphatic heterocycles. The molecule has 1 saturated heterocycles. The molecule has 0 spiro atoms. The minimum absolute atomic E-state index is 0.131. The lowest BCUT2D eigenvalue weighted by atomic mass is 9.99. The first-order valence-corrected chi connectivity index (χ1v) is 7.32. The summed E-state index contributed by atoms with van der Waals surface area (Å²) in [7, 11) is 0. The molecule has 18 heavy (non-hydrogen) atoms. The largest absolute Gasteiger partial charge is 0.336 e. The Morgan fingerprint density at radius 3 is 3.11 bits per heavy atom. The van der Waals surface area contributed by atoms with Crippen LogP contribution in [0.5, 0.6) is 0 Å². The van der Waals surface area contributed by atoms with E-state index in [1.165, 1.54) is 12.3 Å². The van der Waals surface area contributed by atoms with E-state index < -0.39 is 5.82 Å². The molecule has 5 heteroatoms. The summed E-state index contributed by atoms with van der Waals surface area (Å²) in [5.74, 6) is -0.744. The normalized spacial score (nSPS) is 19.9. The summed E-state index contributed by atoms with van der Waals surface area (Å²) < 4.78 is 13.6. The van der Waals surface area contributed by atoms with Gasteiger partial charge in [0.2, 0.25) is 0 Å². The van der Waals surface area contributed by atoms with Crippen LogP contribution in [0.2, 0.25) is 0 Å². The predicted octanol–water partition coefficient (Wildman–Crippen LogP) is 3.00. The second-order valence-electron chi connectivity index (χ2n) is 4.48. The Kier molecular flexibility index (Phi) is 4.69. The highest BCUT2D eigenvalue weighted by Gasteiger charge is 2.28. The van der Waals surface area contributed by atoms with Gasteiger partial charge in [0.05, 0.1) is 11.8 Å². The Hall–Kier alpha value is -0.970. The molecule has 0 saturated carbocycles. The molecule has 0 bridgehead atoms. The molecule has 0 N–H and O–H groups in total. The molecule has 1 atom stereocenters. The van der Waals surface area contributed by atoms with Crippen LogP contribution in [-0.4, -0.2) is 33.7 Å². The zero-order valence-corrected chi connectivity index (χ0v) is 11.7. The number of alkyl halides is 1. The van der Waals surface area contributed by atoms with Gasteiger partial charge in [0.1, 0.15) is 0 Å². The molecule has 2 rings (SSSR count). The number of pyridine rings is 1. The molecule has 2 heterocycles. The second-order valence-corrected chi connectivity index (χ2v) is 5.27. The number of nitrogens with zero attached hydrogens (tertiary/aromatic N) is 2.